The lowest BCUT2D eigenvalue weighted by Crippen LogP contribution is -2.36. The third kappa shape index (κ3) is 7.23. The molecule has 1 heterocycles. The molecule has 0 spiro atoms. The van der Waals surface area contributed by atoms with Crippen LogP contribution < -0.4 is 16.0 Å². The zero-order chi connectivity index (χ0) is 28.0. The van der Waals surface area contributed by atoms with Gasteiger partial charge < -0.3 is 20.1 Å². The van der Waals surface area contributed by atoms with Crippen LogP contribution in [0, 0.1) is 11.3 Å². The Balaban J connectivity index is 1.95. The van der Waals surface area contributed by atoms with Gasteiger partial charge in [-0.05, 0) is 60.5 Å². The number of amides is 2. The molecule has 0 saturated carbocycles. The van der Waals surface area contributed by atoms with Gasteiger partial charge in [-0.3, -0.25) is 15.0 Å². The third-order valence-electron chi connectivity index (χ3n) is 5.11. The molecular formula is C26H27N5O6S. The van der Waals surface area contributed by atoms with Crippen molar-refractivity contribution in [2.24, 2.45) is 11.7 Å². The van der Waals surface area contributed by atoms with Gasteiger partial charge in [-0.1, -0.05) is 19.9 Å². The highest BCUT2D eigenvalue weighted by atomic mass is 32.2. The average Bonchev–Trinajstić information content (AvgIpc) is 2.86. The molecule has 2 aromatic carbocycles. The third-order valence-corrected chi connectivity index (χ3v) is 5.57. The maximum Gasteiger partial charge on any atom is 0.353 e. The normalized spacial score (nSPS) is 11.1. The van der Waals surface area contributed by atoms with E-state index in [2.05, 4.69) is 14.5 Å². The fraction of sp³-hybridized carbons (Fsp3) is 0.192. The summed E-state index contributed by atoms with van der Waals surface area (Å²) in [6.45, 7) is 4.01. The van der Waals surface area contributed by atoms with E-state index in [9.17, 15) is 22.8 Å². The van der Waals surface area contributed by atoms with E-state index >= 15 is 0 Å². The fourth-order valence-corrected chi connectivity index (χ4v) is 3.86. The molecule has 0 atom stereocenters. The second-order valence-electron chi connectivity index (χ2n) is 8.78. The summed E-state index contributed by atoms with van der Waals surface area (Å²) in [5, 5.41) is 10.2. The van der Waals surface area contributed by atoms with Crippen LogP contribution in [0.4, 0.5) is 11.4 Å². The van der Waals surface area contributed by atoms with Gasteiger partial charge in [0.05, 0.1) is 17.5 Å². The van der Waals surface area contributed by atoms with Gasteiger partial charge in [-0.15, -0.1) is 0 Å². The number of nitrogens with one attached hydrogen (secondary N) is 2. The number of anilines is 2. The Morgan fingerprint density at radius 3 is 2.29 bits per heavy atom. The Kier molecular flexibility index (Phi) is 8.58. The first-order chi connectivity index (χ1) is 17.9. The number of rotatable bonds is 9. The van der Waals surface area contributed by atoms with Crippen molar-refractivity contribution in [1.82, 2.24) is 4.98 Å². The van der Waals surface area contributed by atoms with Crippen LogP contribution >= 0.6 is 0 Å². The van der Waals surface area contributed by atoms with Gasteiger partial charge >= 0.3 is 16.1 Å². The average molecular weight is 538 g/mol. The molecule has 0 unspecified atom stereocenters. The van der Waals surface area contributed by atoms with Crippen LogP contribution in [-0.2, 0) is 14.3 Å². The predicted octanol–water partition coefficient (Wildman–Crippen LogP) is 3.04. The summed E-state index contributed by atoms with van der Waals surface area (Å²) in [6, 6.07) is 15.0. The van der Waals surface area contributed by atoms with Crippen LogP contribution in [0.25, 0.3) is 0 Å². The number of hydrogen-bond donors (Lipinski definition) is 3. The lowest BCUT2D eigenvalue weighted by atomic mass is 10.1. The Bertz CT molecular complexity index is 1490. The number of nitrogens with zero attached hydrogens (tertiary/aromatic N) is 2. The number of carbonyl (C=O) groups is 3. The van der Waals surface area contributed by atoms with Crippen LogP contribution in [0.5, 0.6) is 0 Å². The zero-order valence-electron chi connectivity index (χ0n) is 21.0. The van der Waals surface area contributed by atoms with E-state index in [1.165, 1.54) is 35.4 Å². The van der Waals surface area contributed by atoms with E-state index in [1.54, 1.807) is 36.4 Å². The molecule has 3 aromatic rings. The molecule has 0 saturated heterocycles. The van der Waals surface area contributed by atoms with Crippen molar-refractivity contribution in [3.63, 3.8) is 0 Å². The van der Waals surface area contributed by atoms with E-state index in [-0.39, 0.29) is 40.8 Å². The van der Waals surface area contributed by atoms with Crippen molar-refractivity contribution in [3.05, 3.63) is 89.2 Å². The molecule has 0 aliphatic rings. The smallest absolute Gasteiger partial charge is 0.353 e. The quantitative estimate of drug-likeness (QED) is 0.212. The van der Waals surface area contributed by atoms with Gasteiger partial charge in [0.25, 0.3) is 11.8 Å². The van der Waals surface area contributed by atoms with Gasteiger partial charge in [0.1, 0.15) is 5.84 Å². The minimum atomic E-state index is -4.04. The number of hydrogen-bond acceptors (Lipinski definition) is 8. The molecule has 2 amide bonds. The van der Waals surface area contributed by atoms with Crippen LogP contribution in [-0.4, -0.2) is 49.8 Å². The summed E-state index contributed by atoms with van der Waals surface area (Å²) in [6.07, 6.45) is 2.17. The van der Waals surface area contributed by atoms with Crippen molar-refractivity contribution in [3.8, 4) is 0 Å². The fourth-order valence-electron chi connectivity index (χ4n) is 3.49. The number of benzene rings is 2. The number of carbonyl (C=O) groups excluding carboxylic acids is 3. The predicted molar refractivity (Wildman–Crippen MR) is 143 cm³/mol. The lowest BCUT2D eigenvalue weighted by Gasteiger charge is -2.26. The maximum atomic E-state index is 13.6. The van der Waals surface area contributed by atoms with Gasteiger partial charge in [0.2, 0.25) is 0 Å². The van der Waals surface area contributed by atoms with Crippen LogP contribution in [0.2, 0.25) is 0 Å². The first-order valence-corrected chi connectivity index (χ1v) is 13.2. The largest absolute Gasteiger partial charge is 0.384 e. The van der Waals surface area contributed by atoms with E-state index in [1.807, 2.05) is 13.8 Å². The number of nitrogens with two attached hydrogens (primary N) is 1. The molecule has 0 bridgehead atoms. The Labute approximate surface area is 220 Å². The highest BCUT2D eigenvalue weighted by Gasteiger charge is 2.26. The summed E-state index contributed by atoms with van der Waals surface area (Å²) < 4.78 is 27.1. The number of nitrogen functional groups attached to an aromatic ring is 1. The monoisotopic (exact) mass is 537 g/mol. The molecule has 38 heavy (non-hydrogen) atoms. The molecule has 12 heteroatoms. The van der Waals surface area contributed by atoms with Crippen molar-refractivity contribution < 1.29 is 27.0 Å². The van der Waals surface area contributed by atoms with Crippen molar-refractivity contribution in [1.29, 1.82) is 5.41 Å². The van der Waals surface area contributed by atoms with Crippen LogP contribution in [0.3, 0.4) is 0 Å². The van der Waals surface area contributed by atoms with Crippen molar-refractivity contribution in [2.75, 3.05) is 23.0 Å². The first-order valence-electron chi connectivity index (χ1n) is 11.4. The standard InChI is InChI=1S/C26H27N5O6S/c1-16(2)15-31(25(33)18-6-4-7-19(14-18)26(34)37-38(3,35)36)21-8-5-13-29-22(21)24(32)30-20-11-9-17(10-12-20)23(27)28/h4-14,16H,15H2,1-3H3,(H3,27,28)(H,30,32). The molecule has 0 aliphatic carbocycles. The van der Waals surface area contributed by atoms with E-state index in [0.717, 1.165) is 6.26 Å². The molecule has 0 fully saturated rings. The van der Waals surface area contributed by atoms with Crippen LogP contribution in [0.1, 0.15) is 50.6 Å². The Morgan fingerprint density at radius 1 is 1.03 bits per heavy atom. The topological polar surface area (TPSA) is 173 Å². The molecule has 3 rings (SSSR count). The summed E-state index contributed by atoms with van der Waals surface area (Å²) in [5.41, 5.74) is 6.61. The van der Waals surface area contributed by atoms with Crippen molar-refractivity contribution in [2.45, 2.75) is 13.8 Å². The van der Waals surface area contributed by atoms with E-state index in [4.69, 9.17) is 11.1 Å². The lowest BCUT2D eigenvalue weighted by molar-refractivity contribution is 0.0748. The second-order valence-corrected chi connectivity index (χ2v) is 10.4. The highest BCUT2D eigenvalue weighted by Crippen LogP contribution is 2.24. The first kappa shape index (κ1) is 28.0. The Morgan fingerprint density at radius 2 is 1.68 bits per heavy atom. The molecule has 198 valence electrons. The SMILES string of the molecule is CC(C)CN(C(=O)c1cccc(C(=O)OS(C)(=O)=O)c1)c1cccnc1C(=O)Nc1ccc(C(=N)N)cc1. The molecule has 0 radical (unpaired) electrons. The summed E-state index contributed by atoms with van der Waals surface area (Å²) in [4.78, 5) is 44.6. The molecule has 11 nitrogen and oxygen atoms in total. The van der Waals surface area contributed by atoms with Gasteiger partial charge in [0, 0.05) is 29.6 Å². The number of aromatic nitrogens is 1. The maximum absolute atomic E-state index is 13.6. The summed E-state index contributed by atoms with van der Waals surface area (Å²) in [7, 11) is -4.04. The molecular weight excluding hydrogens is 510 g/mol. The minimum Gasteiger partial charge on any atom is -0.384 e. The second kappa shape index (κ2) is 11.6. The van der Waals surface area contributed by atoms with Gasteiger partial charge in [-0.25, -0.2) is 9.78 Å². The van der Waals surface area contributed by atoms with Crippen molar-refractivity contribution >= 4 is 45.1 Å². The minimum absolute atomic E-state index is 0.00688. The van der Waals surface area contributed by atoms with Crippen LogP contribution in [0.15, 0.2) is 66.9 Å². The zero-order valence-corrected chi connectivity index (χ0v) is 21.8. The molecule has 0 aliphatic heterocycles. The van der Waals surface area contributed by atoms with E-state index in [0.29, 0.717) is 11.3 Å². The Hall–Kier alpha value is -4.58. The van der Waals surface area contributed by atoms with Gasteiger partial charge in [0.15, 0.2) is 5.69 Å². The van der Waals surface area contributed by atoms with Gasteiger partial charge in [-0.2, -0.15) is 8.42 Å². The summed E-state index contributed by atoms with van der Waals surface area (Å²) in [5.74, 6) is -2.32. The molecule has 4 N–H and O–H groups in total. The summed E-state index contributed by atoms with van der Waals surface area (Å²) >= 11 is 0. The van der Waals surface area contributed by atoms with E-state index < -0.39 is 27.9 Å². The molecule has 1 aromatic heterocycles. The number of pyridine rings is 1. The number of amidine groups is 1. The highest BCUT2D eigenvalue weighted by molar-refractivity contribution is 7.86.